The molecule has 1 aromatic carbocycles. The molecule has 120 valence electrons. The molecule has 0 saturated heterocycles. The van der Waals surface area contributed by atoms with E-state index in [4.69, 9.17) is 15.4 Å². The van der Waals surface area contributed by atoms with Crippen molar-refractivity contribution >= 4 is 29.8 Å². The number of nitrogens with one attached hydrogen (secondary N) is 1. The topological polar surface area (TPSA) is 89.5 Å². The van der Waals surface area contributed by atoms with Crippen molar-refractivity contribution in [3.05, 3.63) is 29.8 Å². The first-order chi connectivity index (χ1) is 9.65. The van der Waals surface area contributed by atoms with Gasteiger partial charge in [-0.05, 0) is 31.5 Å². The van der Waals surface area contributed by atoms with E-state index in [0.29, 0.717) is 12.2 Å². The van der Waals surface area contributed by atoms with Crippen LogP contribution in [0.3, 0.4) is 0 Å². The predicted molar refractivity (Wildman–Crippen MR) is 81.3 cm³/mol. The van der Waals surface area contributed by atoms with Crippen molar-refractivity contribution in [3.63, 3.8) is 0 Å². The minimum atomic E-state index is -3.78. The fourth-order valence-electron chi connectivity index (χ4n) is 1.63. The Bertz CT molecular complexity index is 655. The molecule has 21 heavy (non-hydrogen) atoms. The van der Waals surface area contributed by atoms with Crippen LogP contribution in [-0.2, 0) is 23.8 Å². The molecule has 0 heterocycles. The minimum Gasteiger partial charge on any atom is -0.381 e. The molecule has 6 nitrogen and oxygen atoms in total. The summed E-state index contributed by atoms with van der Waals surface area (Å²) in [4.78, 5) is -0.0284. The van der Waals surface area contributed by atoms with Crippen molar-refractivity contribution in [2.45, 2.75) is 24.8 Å². The first kappa shape index (κ1) is 18.4. The van der Waals surface area contributed by atoms with Gasteiger partial charge in [0.25, 0.3) is 9.05 Å². The smallest absolute Gasteiger partial charge is 0.261 e. The Morgan fingerprint density at radius 2 is 1.76 bits per heavy atom. The summed E-state index contributed by atoms with van der Waals surface area (Å²) in [6.07, 6.45) is 0. The Hall–Kier alpha value is -0.670. The maximum absolute atomic E-state index is 11.8. The Labute approximate surface area is 129 Å². The number of hydrogen-bond acceptors (Lipinski definition) is 5. The van der Waals surface area contributed by atoms with E-state index in [-0.39, 0.29) is 17.3 Å². The molecule has 0 spiro atoms. The van der Waals surface area contributed by atoms with Gasteiger partial charge in [0.2, 0.25) is 10.0 Å². The molecule has 0 aromatic heterocycles. The lowest BCUT2D eigenvalue weighted by atomic mass is 10.1. The van der Waals surface area contributed by atoms with Gasteiger partial charge >= 0.3 is 0 Å². The summed E-state index contributed by atoms with van der Waals surface area (Å²) in [5.74, 6) is -0.126. The number of hydrogen-bond donors (Lipinski definition) is 1. The molecule has 1 unspecified atom stereocenters. The SMILES string of the molecule is CCOCCS(=O)(=O)NC(C)c1ccc(S(=O)(=O)Cl)cc1. The van der Waals surface area contributed by atoms with Crippen LogP contribution in [0, 0.1) is 0 Å². The maximum Gasteiger partial charge on any atom is 0.261 e. The van der Waals surface area contributed by atoms with Crippen LogP contribution in [0.25, 0.3) is 0 Å². The van der Waals surface area contributed by atoms with Gasteiger partial charge in [-0.25, -0.2) is 21.6 Å². The third kappa shape index (κ3) is 6.31. The molecule has 9 heteroatoms. The molecule has 0 aliphatic heterocycles. The van der Waals surface area contributed by atoms with E-state index in [1.807, 2.05) is 0 Å². The zero-order chi connectivity index (χ0) is 16.1. The maximum atomic E-state index is 11.8. The van der Waals surface area contributed by atoms with Crippen LogP contribution >= 0.6 is 10.7 Å². The van der Waals surface area contributed by atoms with E-state index in [2.05, 4.69) is 4.72 Å². The van der Waals surface area contributed by atoms with Crippen molar-refractivity contribution in [3.8, 4) is 0 Å². The van der Waals surface area contributed by atoms with Crippen LogP contribution in [0.2, 0.25) is 0 Å². The Morgan fingerprint density at radius 3 is 2.24 bits per heavy atom. The van der Waals surface area contributed by atoms with E-state index in [0.717, 1.165) is 0 Å². The van der Waals surface area contributed by atoms with Crippen LogP contribution in [0.15, 0.2) is 29.2 Å². The molecule has 1 aromatic rings. The molecule has 1 N–H and O–H groups in total. The van der Waals surface area contributed by atoms with Crippen LogP contribution in [0.5, 0.6) is 0 Å². The number of benzene rings is 1. The summed E-state index contributed by atoms with van der Waals surface area (Å²) in [5.41, 5.74) is 0.638. The van der Waals surface area contributed by atoms with Gasteiger partial charge in [0, 0.05) is 23.3 Å². The van der Waals surface area contributed by atoms with E-state index < -0.39 is 25.1 Å². The average molecular weight is 356 g/mol. The first-order valence-corrected chi connectivity index (χ1v) is 10.2. The first-order valence-electron chi connectivity index (χ1n) is 6.28. The second-order valence-electron chi connectivity index (χ2n) is 4.36. The van der Waals surface area contributed by atoms with Gasteiger partial charge in [-0.1, -0.05) is 12.1 Å². The van der Waals surface area contributed by atoms with Crippen molar-refractivity contribution in [2.75, 3.05) is 19.0 Å². The summed E-state index contributed by atoms with van der Waals surface area (Å²) in [6.45, 7) is 4.04. The normalized spacial score (nSPS) is 14.0. The number of halogens is 1. The lowest BCUT2D eigenvalue weighted by Crippen LogP contribution is -2.30. The molecule has 0 bridgehead atoms. The largest absolute Gasteiger partial charge is 0.381 e. The second-order valence-corrected chi connectivity index (χ2v) is 8.80. The Balaban J connectivity index is 2.73. The number of rotatable bonds is 8. The van der Waals surface area contributed by atoms with Crippen LogP contribution in [0.4, 0.5) is 0 Å². The van der Waals surface area contributed by atoms with Gasteiger partial charge in [-0.3, -0.25) is 0 Å². The van der Waals surface area contributed by atoms with Crippen molar-refractivity contribution < 1.29 is 21.6 Å². The highest BCUT2D eigenvalue weighted by Crippen LogP contribution is 2.19. The van der Waals surface area contributed by atoms with Gasteiger partial charge in [0.05, 0.1) is 17.3 Å². The highest BCUT2D eigenvalue weighted by atomic mass is 35.7. The van der Waals surface area contributed by atoms with E-state index >= 15 is 0 Å². The lowest BCUT2D eigenvalue weighted by Gasteiger charge is -2.15. The second kappa shape index (κ2) is 7.55. The standard InChI is InChI=1S/C12H18ClNO5S2/c1-3-19-8-9-20(15,16)14-10(2)11-4-6-12(7-5-11)21(13,17)18/h4-7,10,14H,3,8-9H2,1-2H3. The third-order valence-electron chi connectivity index (χ3n) is 2.72. The highest BCUT2D eigenvalue weighted by molar-refractivity contribution is 8.13. The summed E-state index contributed by atoms with van der Waals surface area (Å²) in [5, 5.41) is 0. The van der Waals surface area contributed by atoms with Gasteiger partial charge in [0.15, 0.2) is 0 Å². The number of ether oxygens (including phenoxy) is 1. The van der Waals surface area contributed by atoms with E-state index in [1.165, 1.54) is 24.3 Å². The fraction of sp³-hybridized carbons (Fsp3) is 0.500. The molecule has 1 rings (SSSR count). The third-order valence-corrected chi connectivity index (χ3v) is 5.51. The van der Waals surface area contributed by atoms with Gasteiger partial charge in [0.1, 0.15) is 0 Å². The lowest BCUT2D eigenvalue weighted by molar-refractivity contribution is 0.163. The van der Waals surface area contributed by atoms with Gasteiger partial charge in [-0.15, -0.1) is 0 Å². The molecule has 0 saturated carbocycles. The summed E-state index contributed by atoms with van der Waals surface area (Å²) in [6, 6.07) is 5.23. The average Bonchev–Trinajstić information content (AvgIpc) is 2.37. The summed E-state index contributed by atoms with van der Waals surface area (Å²) >= 11 is 0. The Kier molecular flexibility index (Phi) is 6.61. The Morgan fingerprint density at radius 1 is 1.19 bits per heavy atom. The van der Waals surface area contributed by atoms with E-state index in [9.17, 15) is 16.8 Å². The molecule has 0 aliphatic carbocycles. The van der Waals surface area contributed by atoms with Gasteiger partial charge < -0.3 is 4.74 Å². The van der Waals surface area contributed by atoms with Gasteiger partial charge in [-0.2, -0.15) is 0 Å². The van der Waals surface area contributed by atoms with Crippen molar-refractivity contribution in [1.29, 1.82) is 0 Å². The molecular weight excluding hydrogens is 338 g/mol. The quantitative estimate of drug-likeness (QED) is 0.565. The molecule has 0 amide bonds. The molecular formula is C12H18ClNO5S2. The molecule has 0 radical (unpaired) electrons. The molecule has 0 fully saturated rings. The zero-order valence-electron chi connectivity index (χ0n) is 11.7. The van der Waals surface area contributed by atoms with Crippen molar-refractivity contribution in [2.24, 2.45) is 0 Å². The highest BCUT2D eigenvalue weighted by Gasteiger charge is 2.16. The molecule has 1 atom stereocenters. The fourth-order valence-corrected chi connectivity index (χ4v) is 3.53. The van der Waals surface area contributed by atoms with Crippen LogP contribution in [-0.4, -0.2) is 35.8 Å². The predicted octanol–water partition coefficient (Wildman–Crippen LogP) is 1.63. The summed E-state index contributed by atoms with van der Waals surface area (Å²) < 4.78 is 53.4. The van der Waals surface area contributed by atoms with Crippen LogP contribution in [0.1, 0.15) is 25.5 Å². The monoisotopic (exact) mass is 355 g/mol. The van der Waals surface area contributed by atoms with E-state index in [1.54, 1.807) is 13.8 Å². The summed E-state index contributed by atoms with van der Waals surface area (Å²) in [7, 11) is -2.02. The number of sulfonamides is 1. The molecule has 0 aliphatic rings. The zero-order valence-corrected chi connectivity index (χ0v) is 14.1. The minimum absolute atomic E-state index is 0.0284. The van der Waals surface area contributed by atoms with Crippen LogP contribution < -0.4 is 4.72 Å². The van der Waals surface area contributed by atoms with Crippen molar-refractivity contribution in [1.82, 2.24) is 4.72 Å².